The fourth-order valence-electron chi connectivity index (χ4n) is 3.22. The Morgan fingerprint density at radius 2 is 1.91 bits per heavy atom. The summed E-state index contributed by atoms with van der Waals surface area (Å²) in [6, 6.07) is 5.45. The van der Waals surface area contributed by atoms with Gasteiger partial charge in [0, 0.05) is 31.5 Å². The molecule has 1 aromatic rings. The van der Waals surface area contributed by atoms with Gasteiger partial charge in [0.25, 0.3) is 5.91 Å². The van der Waals surface area contributed by atoms with Gasteiger partial charge >= 0.3 is 0 Å². The van der Waals surface area contributed by atoms with Gasteiger partial charge in [-0.1, -0.05) is 19.9 Å². The van der Waals surface area contributed by atoms with Gasteiger partial charge in [0.2, 0.25) is 5.91 Å². The highest BCUT2D eigenvalue weighted by Crippen LogP contribution is 2.24. The number of anilines is 1. The summed E-state index contributed by atoms with van der Waals surface area (Å²) in [5.74, 6) is 0.856. The summed E-state index contributed by atoms with van der Waals surface area (Å²) in [7, 11) is 1.48. The maximum atomic E-state index is 12.8. The number of nitrogens with one attached hydrogen (secondary N) is 1. The molecule has 2 rings (SSSR count). The lowest BCUT2D eigenvalue weighted by atomic mass is 9.91. The second-order valence-electron chi connectivity index (χ2n) is 6.67. The summed E-state index contributed by atoms with van der Waals surface area (Å²) in [5.41, 5.74) is 2.20. The minimum atomic E-state index is -0.222. The topological polar surface area (TPSA) is 58.6 Å². The predicted octanol–water partition coefficient (Wildman–Crippen LogP) is 2.70. The monoisotopic (exact) mass is 318 g/mol. The van der Waals surface area contributed by atoms with Crippen LogP contribution in [-0.4, -0.2) is 43.5 Å². The van der Waals surface area contributed by atoms with Crippen molar-refractivity contribution in [3.8, 4) is 0 Å². The fraction of sp³-hybridized carbons (Fsp3) is 0.556. The van der Waals surface area contributed by atoms with Crippen molar-refractivity contribution in [1.29, 1.82) is 0 Å². The lowest BCUT2D eigenvalue weighted by Crippen LogP contribution is -2.42. The maximum Gasteiger partial charge on any atom is 0.253 e. The Morgan fingerprint density at radius 3 is 2.52 bits per heavy atom. The number of nitrogens with zero attached hydrogens (tertiary/aromatic N) is 1. The lowest BCUT2D eigenvalue weighted by Gasteiger charge is -2.35. The first-order valence-electron chi connectivity index (χ1n) is 8.09. The third-order valence-corrected chi connectivity index (χ3v) is 4.19. The van der Waals surface area contributed by atoms with Crippen molar-refractivity contribution in [2.24, 2.45) is 11.8 Å². The molecule has 1 aromatic carbocycles. The number of benzene rings is 1. The number of rotatable bonds is 4. The van der Waals surface area contributed by atoms with Gasteiger partial charge in [-0.25, -0.2) is 0 Å². The molecule has 1 fully saturated rings. The summed E-state index contributed by atoms with van der Waals surface area (Å²) < 4.78 is 4.82. The van der Waals surface area contributed by atoms with Crippen LogP contribution in [0.5, 0.6) is 0 Å². The highest BCUT2D eigenvalue weighted by Gasteiger charge is 2.26. The quantitative estimate of drug-likeness (QED) is 0.928. The van der Waals surface area contributed by atoms with Crippen molar-refractivity contribution in [1.82, 2.24) is 4.90 Å². The summed E-state index contributed by atoms with van der Waals surface area (Å²) in [5, 5.41) is 2.79. The van der Waals surface area contributed by atoms with E-state index in [9.17, 15) is 9.59 Å². The predicted molar refractivity (Wildman–Crippen MR) is 90.5 cm³/mol. The highest BCUT2D eigenvalue weighted by molar-refractivity contribution is 5.98. The fourth-order valence-corrected chi connectivity index (χ4v) is 3.22. The maximum absolute atomic E-state index is 12.8. The van der Waals surface area contributed by atoms with Crippen molar-refractivity contribution >= 4 is 17.5 Å². The van der Waals surface area contributed by atoms with Crippen LogP contribution in [0, 0.1) is 18.8 Å². The zero-order valence-corrected chi connectivity index (χ0v) is 14.4. The van der Waals surface area contributed by atoms with E-state index in [4.69, 9.17) is 4.74 Å². The smallest absolute Gasteiger partial charge is 0.253 e. The van der Waals surface area contributed by atoms with E-state index < -0.39 is 0 Å². The number of hydrogen-bond donors (Lipinski definition) is 1. The molecule has 5 nitrogen and oxygen atoms in total. The number of carbonyl (C=O) groups excluding carboxylic acids is 2. The van der Waals surface area contributed by atoms with Crippen LogP contribution in [0.25, 0.3) is 0 Å². The molecule has 0 bridgehead atoms. The molecule has 2 amide bonds. The SMILES string of the molecule is COCC(=O)Nc1cc(C(=O)N2C[C@H](C)C[C@@H](C)C2)ccc1C. The van der Waals surface area contributed by atoms with Crippen LogP contribution in [-0.2, 0) is 9.53 Å². The minimum absolute atomic E-state index is 0.00122. The molecule has 0 saturated carbocycles. The van der Waals surface area contributed by atoms with E-state index in [2.05, 4.69) is 19.2 Å². The Balaban J connectivity index is 2.16. The van der Waals surface area contributed by atoms with Crippen LogP contribution in [0.2, 0.25) is 0 Å². The van der Waals surface area contributed by atoms with Gasteiger partial charge in [0.05, 0.1) is 0 Å². The molecule has 0 spiro atoms. The van der Waals surface area contributed by atoms with E-state index in [0.717, 1.165) is 25.1 Å². The van der Waals surface area contributed by atoms with Gasteiger partial charge in [-0.2, -0.15) is 0 Å². The molecule has 126 valence electrons. The molecule has 0 radical (unpaired) electrons. The number of amides is 2. The van der Waals surface area contributed by atoms with Crippen LogP contribution < -0.4 is 5.32 Å². The van der Waals surface area contributed by atoms with Crippen molar-refractivity contribution in [2.45, 2.75) is 27.2 Å². The average molecular weight is 318 g/mol. The van der Waals surface area contributed by atoms with Gasteiger partial charge < -0.3 is 15.0 Å². The zero-order valence-electron chi connectivity index (χ0n) is 14.4. The molecular formula is C18H26N2O3. The van der Waals surface area contributed by atoms with Crippen molar-refractivity contribution in [2.75, 3.05) is 32.1 Å². The second-order valence-corrected chi connectivity index (χ2v) is 6.67. The molecule has 5 heteroatoms. The molecule has 2 atom stereocenters. The normalized spacial score (nSPS) is 21.1. The van der Waals surface area contributed by atoms with Crippen LogP contribution in [0.3, 0.4) is 0 Å². The number of aryl methyl sites for hydroxylation is 1. The van der Waals surface area contributed by atoms with Gasteiger partial charge in [-0.05, 0) is 42.9 Å². The Hall–Kier alpha value is -1.88. The van der Waals surface area contributed by atoms with E-state index in [1.807, 2.05) is 24.0 Å². The molecule has 1 N–H and O–H groups in total. The first-order chi connectivity index (χ1) is 10.9. The third kappa shape index (κ3) is 4.55. The molecule has 0 unspecified atom stereocenters. The molecule has 1 saturated heterocycles. The summed E-state index contributed by atoms with van der Waals surface area (Å²) in [6.45, 7) is 7.86. The average Bonchev–Trinajstić information content (AvgIpc) is 2.48. The lowest BCUT2D eigenvalue weighted by molar-refractivity contribution is -0.119. The third-order valence-electron chi connectivity index (χ3n) is 4.19. The van der Waals surface area contributed by atoms with Gasteiger partial charge in [-0.15, -0.1) is 0 Å². The number of carbonyl (C=O) groups is 2. The Morgan fingerprint density at radius 1 is 1.26 bits per heavy atom. The molecular weight excluding hydrogens is 292 g/mol. The van der Waals surface area contributed by atoms with Crippen molar-refractivity contribution in [3.05, 3.63) is 29.3 Å². The molecule has 0 aliphatic carbocycles. The first kappa shape index (κ1) is 17.5. The molecule has 0 aromatic heterocycles. The van der Waals surface area contributed by atoms with E-state index >= 15 is 0 Å². The number of likely N-dealkylation sites (tertiary alicyclic amines) is 1. The van der Waals surface area contributed by atoms with E-state index in [-0.39, 0.29) is 18.4 Å². The van der Waals surface area contributed by atoms with Crippen molar-refractivity contribution < 1.29 is 14.3 Å². The Bertz CT molecular complexity index is 576. The van der Waals surface area contributed by atoms with E-state index in [1.54, 1.807) is 6.07 Å². The number of ether oxygens (including phenoxy) is 1. The van der Waals surface area contributed by atoms with Crippen molar-refractivity contribution in [3.63, 3.8) is 0 Å². The van der Waals surface area contributed by atoms with Crippen LogP contribution >= 0.6 is 0 Å². The molecule has 1 heterocycles. The number of hydrogen-bond acceptors (Lipinski definition) is 3. The summed E-state index contributed by atoms with van der Waals surface area (Å²) >= 11 is 0. The van der Waals surface area contributed by atoms with E-state index in [0.29, 0.717) is 23.1 Å². The standard InChI is InChI=1S/C18H26N2O3/c1-12-7-13(2)10-20(9-12)18(22)15-6-5-14(3)16(8-15)19-17(21)11-23-4/h5-6,8,12-13H,7,9-11H2,1-4H3,(H,19,21)/t12-,13-/m1/s1. The zero-order chi connectivity index (χ0) is 17.0. The van der Waals surface area contributed by atoms with Crippen LogP contribution in [0.4, 0.5) is 5.69 Å². The minimum Gasteiger partial charge on any atom is -0.375 e. The Kier molecular flexibility index (Phi) is 5.77. The van der Waals surface area contributed by atoms with Gasteiger partial charge in [-0.3, -0.25) is 9.59 Å². The number of methoxy groups -OCH3 is 1. The molecule has 1 aliphatic rings. The van der Waals surface area contributed by atoms with Gasteiger partial charge in [0.1, 0.15) is 6.61 Å². The summed E-state index contributed by atoms with van der Waals surface area (Å²) in [4.78, 5) is 26.4. The number of piperidine rings is 1. The Labute approximate surface area is 138 Å². The van der Waals surface area contributed by atoms with Crippen LogP contribution in [0.1, 0.15) is 36.2 Å². The molecule has 1 aliphatic heterocycles. The first-order valence-corrected chi connectivity index (χ1v) is 8.09. The molecule has 23 heavy (non-hydrogen) atoms. The van der Waals surface area contributed by atoms with E-state index in [1.165, 1.54) is 7.11 Å². The van der Waals surface area contributed by atoms with Gasteiger partial charge in [0.15, 0.2) is 0 Å². The largest absolute Gasteiger partial charge is 0.375 e. The van der Waals surface area contributed by atoms with Crippen LogP contribution in [0.15, 0.2) is 18.2 Å². The highest BCUT2D eigenvalue weighted by atomic mass is 16.5. The second kappa shape index (κ2) is 7.59. The summed E-state index contributed by atoms with van der Waals surface area (Å²) in [6.07, 6.45) is 1.16.